The fourth-order valence-corrected chi connectivity index (χ4v) is 5.60. The van der Waals surface area contributed by atoms with Gasteiger partial charge < -0.3 is 4.90 Å². The van der Waals surface area contributed by atoms with Crippen molar-refractivity contribution in [2.75, 3.05) is 37.2 Å². The Morgan fingerprint density at radius 2 is 1.34 bits per heavy atom. The highest BCUT2D eigenvalue weighted by molar-refractivity contribution is 7.92. The van der Waals surface area contributed by atoms with Crippen molar-refractivity contribution >= 4 is 27.2 Å². The summed E-state index contributed by atoms with van der Waals surface area (Å²) in [5.41, 5.74) is 7.20. The molecule has 0 bridgehead atoms. The maximum atomic E-state index is 12.8. The molecule has 6 nitrogen and oxygen atoms in total. The van der Waals surface area contributed by atoms with Crippen molar-refractivity contribution in [1.29, 1.82) is 0 Å². The summed E-state index contributed by atoms with van der Waals surface area (Å²) in [6.07, 6.45) is 3.05. The van der Waals surface area contributed by atoms with Gasteiger partial charge in [-0.05, 0) is 73.2 Å². The van der Waals surface area contributed by atoms with Crippen LogP contribution in [0.5, 0.6) is 0 Å². The van der Waals surface area contributed by atoms with Crippen LogP contribution in [0.3, 0.4) is 0 Å². The van der Waals surface area contributed by atoms with Gasteiger partial charge in [-0.25, -0.2) is 8.42 Å². The molecule has 0 saturated carbocycles. The van der Waals surface area contributed by atoms with Crippen LogP contribution in [0.1, 0.15) is 53.7 Å². The molecule has 1 aliphatic heterocycles. The van der Waals surface area contributed by atoms with Crippen LogP contribution in [0.25, 0.3) is 5.57 Å². The average molecular weight is 532 g/mol. The minimum absolute atomic E-state index is 0.0428. The highest BCUT2D eigenvalue weighted by Crippen LogP contribution is 2.33. The SMILES string of the molecule is CCN(CC)C(=O)c1ccc(C(=C2CCN(Cc3ccccc3)CC2)c2ccc(NS(C)(=O)=O)cc2)cc1. The molecular weight excluding hydrogens is 494 g/mol. The number of nitrogens with zero attached hydrogens (tertiary/aromatic N) is 2. The molecule has 1 saturated heterocycles. The van der Waals surface area contributed by atoms with Crippen LogP contribution < -0.4 is 4.72 Å². The molecule has 4 rings (SSSR count). The van der Waals surface area contributed by atoms with Gasteiger partial charge in [0.1, 0.15) is 0 Å². The fraction of sp³-hybridized carbons (Fsp3) is 0.323. The minimum Gasteiger partial charge on any atom is -0.339 e. The average Bonchev–Trinajstić information content (AvgIpc) is 2.91. The number of carbonyl (C=O) groups excluding carboxylic acids is 1. The van der Waals surface area contributed by atoms with E-state index in [0.717, 1.165) is 55.4 Å². The number of anilines is 1. The summed E-state index contributed by atoms with van der Waals surface area (Å²) >= 11 is 0. The van der Waals surface area contributed by atoms with Gasteiger partial charge in [0.05, 0.1) is 6.26 Å². The zero-order valence-electron chi connectivity index (χ0n) is 22.5. The number of sulfonamides is 1. The Labute approximate surface area is 227 Å². The molecule has 0 radical (unpaired) electrons. The number of piperidine rings is 1. The molecule has 1 aliphatic rings. The fourth-order valence-electron chi connectivity index (χ4n) is 5.04. The van der Waals surface area contributed by atoms with Gasteiger partial charge in [0.25, 0.3) is 5.91 Å². The molecule has 200 valence electrons. The third kappa shape index (κ3) is 7.11. The van der Waals surface area contributed by atoms with Gasteiger partial charge in [0.15, 0.2) is 0 Å². The van der Waals surface area contributed by atoms with Crippen LogP contribution in [0.2, 0.25) is 0 Å². The quantitative estimate of drug-likeness (QED) is 0.388. The molecule has 0 spiro atoms. The minimum atomic E-state index is -3.34. The van der Waals surface area contributed by atoms with E-state index in [1.165, 1.54) is 11.1 Å². The number of hydrogen-bond donors (Lipinski definition) is 1. The first-order valence-electron chi connectivity index (χ1n) is 13.2. The third-order valence-corrected chi connectivity index (χ3v) is 7.62. The highest BCUT2D eigenvalue weighted by atomic mass is 32.2. The van der Waals surface area contributed by atoms with Crippen LogP contribution in [-0.4, -0.2) is 56.6 Å². The molecule has 0 unspecified atom stereocenters. The van der Waals surface area contributed by atoms with Gasteiger partial charge in [0, 0.05) is 44.0 Å². The van der Waals surface area contributed by atoms with E-state index in [4.69, 9.17) is 0 Å². The molecule has 1 N–H and O–H groups in total. The molecule has 38 heavy (non-hydrogen) atoms. The van der Waals surface area contributed by atoms with Gasteiger partial charge in [0.2, 0.25) is 10.0 Å². The van der Waals surface area contributed by atoms with E-state index in [1.807, 2.05) is 61.2 Å². The second kappa shape index (κ2) is 12.4. The Morgan fingerprint density at radius 1 is 0.816 bits per heavy atom. The lowest BCUT2D eigenvalue weighted by molar-refractivity contribution is 0.0773. The zero-order chi connectivity index (χ0) is 27.1. The highest BCUT2D eigenvalue weighted by Gasteiger charge is 2.20. The van der Waals surface area contributed by atoms with E-state index in [1.54, 1.807) is 12.1 Å². The number of carbonyl (C=O) groups is 1. The van der Waals surface area contributed by atoms with Crippen molar-refractivity contribution in [2.24, 2.45) is 0 Å². The summed E-state index contributed by atoms with van der Waals surface area (Å²) in [5, 5.41) is 0. The number of likely N-dealkylation sites (tertiary alicyclic amines) is 1. The summed E-state index contributed by atoms with van der Waals surface area (Å²) in [6, 6.07) is 26.0. The van der Waals surface area contributed by atoms with Crippen LogP contribution in [0.15, 0.2) is 84.4 Å². The Morgan fingerprint density at radius 3 is 1.87 bits per heavy atom. The number of rotatable bonds is 9. The number of hydrogen-bond acceptors (Lipinski definition) is 4. The molecule has 7 heteroatoms. The van der Waals surface area contributed by atoms with E-state index >= 15 is 0 Å². The van der Waals surface area contributed by atoms with E-state index in [-0.39, 0.29) is 5.91 Å². The van der Waals surface area contributed by atoms with Crippen molar-refractivity contribution in [3.63, 3.8) is 0 Å². The van der Waals surface area contributed by atoms with E-state index in [0.29, 0.717) is 24.3 Å². The summed E-state index contributed by atoms with van der Waals surface area (Å²) in [4.78, 5) is 17.2. The van der Waals surface area contributed by atoms with Crippen LogP contribution >= 0.6 is 0 Å². The lowest BCUT2D eigenvalue weighted by atomic mass is 9.88. The Balaban J connectivity index is 1.63. The van der Waals surface area contributed by atoms with Gasteiger partial charge >= 0.3 is 0 Å². The van der Waals surface area contributed by atoms with E-state index in [9.17, 15) is 13.2 Å². The maximum absolute atomic E-state index is 12.8. The summed E-state index contributed by atoms with van der Waals surface area (Å²) in [5.74, 6) is 0.0428. The van der Waals surface area contributed by atoms with Crippen LogP contribution in [0.4, 0.5) is 5.69 Å². The second-order valence-corrected chi connectivity index (χ2v) is 11.5. The third-order valence-electron chi connectivity index (χ3n) is 7.01. The zero-order valence-corrected chi connectivity index (χ0v) is 23.3. The Kier molecular flexibility index (Phi) is 9.02. The summed E-state index contributed by atoms with van der Waals surface area (Å²) < 4.78 is 25.9. The Hall–Kier alpha value is -3.42. The lowest BCUT2D eigenvalue weighted by Gasteiger charge is -2.30. The number of nitrogens with one attached hydrogen (secondary N) is 1. The first-order chi connectivity index (χ1) is 18.3. The molecule has 1 heterocycles. The van der Waals surface area contributed by atoms with Crippen molar-refractivity contribution in [2.45, 2.75) is 33.2 Å². The molecule has 1 fully saturated rings. The van der Waals surface area contributed by atoms with Crippen molar-refractivity contribution in [3.8, 4) is 0 Å². The van der Waals surface area contributed by atoms with E-state index < -0.39 is 10.0 Å². The predicted octanol–water partition coefficient (Wildman–Crippen LogP) is 5.64. The largest absolute Gasteiger partial charge is 0.339 e. The standard InChI is InChI=1S/C31H37N3O3S/c1-4-34(5-2)31(35)28-13-11-25(12-14-28)30(26-15-17-29(18-16-26)32-38(3,36)37)27-19-21-33(22-20-27)23-24-9-7-6-8-10-24/h6-18,32H,4-5,19-23H2,1-3H3. The number of benzene rings is 3. The summed E-state index contributed by atoms with van der Waals surface area (Å²) in [7, 11) is -3.34. The normalized spacial score (nSPS) is 14.2. The van der Waals surface area contributed by atoms with Crippen molar-refractivity contribution in [1.82, 2.24) is 9.80 Å². The Bertz CT molecular complexity index is 1350. The first-order valence-corrected chi connectivity index (χ1v) is 15.1. The van der Waals surface area contributed by atoms with Gasteiger partial charge in [-0.2, -0.15) is 0 Å². The summed E-state index contributed by atoms with van der Waals surface area (Å²) in [6.45, 7) is 8.23. The van der Waals surface area contributed by atoms with E-state index in [2.05, 4.69) is 33.9 Å². The van der Waals surface area contributed by atoms with Crippen LogP contribution in [-0.2, 0) is 16.6 Å². The molecule has 0 aromatic heterocycles. The second-order valence-electron chi connectivity index (χ2n) is 9.75. The lowest BCUT2D eigenvalue weighted by Crippen LogP contribution is -2.30. The maximum Gasteiger partial charge on any atom is 0.253 e. The molecule has 3 aromatic rings. The molecule has 0 atom stereocenters. The molecule has 1 amide bonds. The molecule has 3 aromatic carbocycles. The van der Waals surface area contributed by atoms with Crippen molar-refractivity contribution < 1.29 is 13.2 Å². The monoisotopic (exact) mass is 531 g/mol. The van der Waals surface area contributed by atoms with Gasteiger partial charge in [-0.15, -0.1) is 0 Å². The van der Waals surface area contributed by atoms with Crippen molar-refractivity contribution in [3.05, 3.63) is 107 Å². The topological polar surface area (TPSA) is 69.7 Å². The molecule has 0 aliphatic carbocycles. The predicted molar refractivity (Wildman–Crippen MR) is 156 cm³/mol. The van der Waals surface area contributed by atoms with Gasteiger partial charge in [-0.1, -0.05) is 60.2 Å². The number of amides is 1. The smallest absolute Gasteiger partial charge is 0.253 e. The van der Waals surface area contributed by atoms with Crippen LogP contribution in [0, 0.1) is 0 Å². The van der Waals surface area contributed by atoms with Gasteiger partial charge in [-0.3, -0.25) is 14.4 Å². The first kappa shape index (κ1) is 27.6. The molecular formula is C31H37N3O3S.